The van der Waals surface area contributed by atoms with Crippen molar-refractivity contribution < 1.29 is 0 Å². The van der Waals surface area contributed by atoms with Gasteiger partial charge >= 0.3 is 0 Å². The number of rotatable bonds is 6. The van der Waals surface area contributed by atoms with E-state index in [1.165, 1.54) is 36.4 Å². The fourth-order valence-electron chi connectivity index (χ4n) is 3.88. The largest absolute Gasteiger partial charge is 0.313 e. The lowest BCUT2D eigenvalue weighted by molar-refractivity contribution is 0.401. The fourth-order valence-corrected chi connectivity index (χ4v) is 4.50. The molecule has 1 heterocycles. The van der Waals surface area contributed by atoms with E-state index in [0.29, 0.717) is 6.04 Å². The zero-order valence-corrected chi connectivity index (χ0v) is 12.3. The van der Waals surface area contributed by atoms with Crippen molar-refractivity contribution in [3.8, 4) is 0 Å². The molecule has 0 spiro atoms. The molecule has 1 N–H and O–H groups in total. The highest BCUT2D eigenvalue weighted by atomic mass is 32.1. The molecule has 1 aromatic rings. The molecule has 1 aromatic heterocycles. The summed E-state index contributed by atoms with van der Waals surface area (Å²) in [4.78, 5) is 4.64. The summed E-state index contributed by atoms with van der Waals surface area (Å²) in [5.41, 5.74) is 1.30. The van der Waals surface area contributed by atoms with E-state index < -0.39 is 0 Å². The molecule has 2 aliphatic rings. The Balaban J connectivity index is 1.62. The molecule has 2 aliphatic carbocycles. The number of hydrogen-bond donors (Lipinski definition) is 1. The first-order valence-corrected chi connectivity index (χ1v) is 8.32. The summed E-state index contributed by atoms with van der Waals surface area (Å²) in [6, 6.07) is 0.682. The van der Waals surface area contributed by atoms with Gasteiger partial charge in [-0.2, -0.15) is 0 Å². The summed E-state index contributed by atoms with van der Waals surface area (Å²) in [7, 11) is 0. The summed E-state index contributed by atoms with van der Waals surface area (Å²) in [6.45, 7) is 5.52. The molecule has 0 amide bonds. The van der Waals surface area contributed by atoms with Crippen LogP contribution in [0.15, 0.2) is 5.38 Å². The van der Waals surface area contributed by atoms with Crippen LogP contribution < -0.4 is 5.32 Å². The average molecular weight is 264 g/mol. The Labute approximate surface area is 114 Å². The maximum absolute atomic E-state index is 4.64. The first-order chi connectivity index (χ1) is 8.79. The summed E-state index contributed by atoms with van der Waals surface area (Å²) < 4.78 is 0. The van der Waals surface area contributed by atoms with Gasteiger partial charge in [-0.1, -0.05) is 13.3 Å². The summed E-state index contributed by atoms with van der Waals surface area (Å²) in [5.74, 6) is 3.03. The van der Waals surface area contributed by atoms with Crippen molar-refractivity contribution in [2.24, 2.45) is 17.8 Å². The Morgan fingerprint density at radius 1 is 1.44 bits per heavy atom. The van der Waals surface area contributed by atoms with Crippen LogP contribution in [0, 0.1) is 24.7 Å². The van der Waals surface area contributed by atoms with Crippen LogP contribution in [-0.4, -0.2) is 17.6 Å². The highest BCUT2D eigenvalue weighted by Crippen LogP contribution is 2.59. The predicted octanol–water partition coefficient (Wildman–Crippen LogP) is 3.41. The smallest absolute Gasteiger partial charge is 0.0897 e. The van der Waals surface area contributed by atoms with Crippen molar-refractivity contribution in [2.75, 3.05) is 6.54 Å². The van der Waals surface area contributed by atoms with Gasteiger partial charge in [0.15, 0.2) is 0 Å². The van der Waals surface area contributed by atoms with Crippen molar-refractivity contribution >= 4 is 11.3 Å². The van der Waals surface area contributed by atoms with E-state index in [2.05, 4.69) is 29.5 Å². The number of thiazole rings is 1. The molecule has 3 heteroatoms. The third-order valence-corrected chi connectivity index (χ3v) is 5.51. The molecule has 0 aliphatic heterocycles. The predicted molar refractivity (Wildman–Crippen MR) is 77.0 cm³/mol. The van der Waals surface area contributed by atoms with E-state index in [9.17, 15) is 0 Å². The van der Waals surface area contributed by atoms with E-state index in [0.717, 1.165) is 30.7 Å². The van der Waals surface area contributed by atoms with Gasteiger partial charge in [0.05, 0.1) is 10.7 Å². The van der Waals surface area contributed by atoms with E-state index >= 15 is 0 Å². The SMILES string of the molecule is CCCNC(Cc1csc(C)n1)C1C2CCCC21. The maximum atomic E-state index is 4.64. The molecule has 0 bridgehead atoms. The maximum Gasteiger partial charge on any atom is 0.0897 e. The highest BCUT2D eigenvalue weighted by Gasteiger charge is 2.55. The number of nitrogens with zero attached hydrogens (tertiary/aromatic N) is 1. The van der Waals surface area contributed by atoms with Gasteiger partial charge < -0.3 is 5.32 Å². The Morgan fingerprint density at radius 3 is 2.83 bits per heavy atom. The number of hydrogen-bond acceptors (Lipinski definition) is 3. The van der Waals surface area contributed by atoms with Crippen molar-refractivity contribution in [3.63, 3.8) is 0 Å². The zero-order chi connectivity index (χ0) is 12.5. The number of nitrogens with one attached hydrogen (secondary N) is 1. The van der Waals surface area contributed by atoms with Gasteiger partial charge in [0, 0.05) is 17.8 Å². The fraction of sp³-hybridized carbons (Fsp3) is 0.800. The molecule has 0 radical (unpaired) electrons. The topological polar surface area (TPSA) is 24.9 Å². The lowest BCUT2D eigenvalue weighted by atomic mass is 10.00. The van der Waals surface area contributed by atoms with Gasteiger partial charge in [-0.15, -0.1) is 11.3 Å². The summed E-state index contributed by atoms with van der Waals surface area (Å²) in [6.07, 6.45) is 6.81. The molecule has 0 aromatic carbocycles. The highest BCUT2D eigenvalue weighted by molar-refractivity contribution is 7.09. The number of fused-ring (bicyclic) bond motifs is 1. The molecule has 3 rings (SSSR count). The average Bonchev–Trinajstić information content (AvgIpc) is 2.74. The molecule has 0 saturated heterocycles. The van der Waals surface area contributed by atoms with Crippen LogP contribution in [0.4, 0.5) is 0 Å². The second-order valence-corrected chi connectivity index (χ2v) is 7.02. The first kappa shape index (κ1) is 12.6. The normalized spacial score (nSPS) is 31.3. The molecule has 100 valence electrons. The first-order valence-electron chi connectivity index (χ1n) is 7.44. The van der Waals surface area contributed by atoms with Gasteiger partial charge in [0.1, 0.15) is 0 Å². The van der Waals surface area contributed by atoms with Crippen molar-refractivity contribution in [1.29, 1.82) is 0 Å². The molecular weight excluding hydrogens is 240 g/mol. The van der Waals surface area contributed by atoms with Crippen LogP contribution in [0.2, 0.25) is 0 Å². The van der Waals surface area contributed by atoms with Crippen molar-refractivity contribution in [2.45, 2.75) is 52.0 Å². The molecule has 2 saturated carbocycles. The molecule has 2 fully saturated rings. The van der Waals surface area contributed by atoms with Gasteiger partial charge in [-0.25, -0.2) is 4.98 Å². The lowest BCUT2D eigenvalue weighted by Gasteiger charge is -2.19. The van der Waals surface area contributed by atoms with Gasteiger partial charge in [0.2, 0.25) is 0 Å². The molecular formula is C15H24N2S. The van der Waals surface area contributed by atoms with Crippen LogP contribution in [0.25, 0.3) is 0 Å². The Hall–Kier alpha value is -0.410. The molecule has 2 nitrogen and oxygen atoms in total. The van der Waals surface area contributed by atoms with Crippen LogP contribution in [0.1, 0.15) is 43.3 Å². The van der Waals surface area contributed by atoms with E-state index in [1.54, 1.807) is 11.3 Å². The summed E-state index contributed by atoms with van der Waals surface area (Å²) >= 11 is 1.78. The van der Waals surface area contributed by atoms with E-state index in [1.807, 2.05) is 0 Å². The Kier molecular flexibility index (Phi) is 3.71. The minimum absolute atomic E-state index is 0.682. The molecule has 18 heavy (non-hydrogen) atoms. The standard InChI is InChI=1S/C15H24N2S/c1-3-7-16-14(8-11-9-18-10(2)17-11)15-12-5-4-6-13(12)15/h9,12-16H,3-8H2,1-2H3. The summed E-state index contributed by atoms with van der Waals surface area (Å²) in [5, 5.41) is 7.23. The monoisotopic (exact) mass is 264 g/mol. The third kappa shape index (κ3) is 2.48. The second-order valence-electron chi connectivity index (χ2n) is 5.96. The quantitative estimate of drug-likeness (QED) is 0.851. The second kappa shape index (κ2) is 5.30. The lowest BCUT2D eigenvalue weighted by Crippen LogP contribution is -2.35. The van der Waals surface area contributed by atoms with E-state index in [4.69, 9.17) is 0 Å². The minimum Gasteiger partial charge on any atom is -0.313 e. The van der Waals surface area contributed by atoms with Gasteiger partial charge in [-0.05, 0) is 50.5 Å². The van der Waals surface area contributed by atoms with Crippen molar-refractivity contribution in [1.82, 2.24) is 10.3 Å². The van der Waals surface area contributed by atoms with Crippen LogP contribution >= 0.6 is 11.3 Å². The minimum atomic E-state index is 0.682. The molecule has 3 unspecified atom stereocenters. The van der Waals surface area contributed by atoms with Crippen molar-refractivity contribution in [3.05, 3.63) is 16.1 Å². The van der Waals surface area contributed by atoms with Gasteiger partial charge in [0.25, 0.3) is 0 Å². The third-order valence-electron chi connectivity index (χ3n) is 4.69. The van der Waals surface area contributed by atoms with E-state index in [-0.39, 0.29) is 0 Å². The zero-order valence-electron chi connectivity index (χ0n) is 11.5. The van der Waals surface area contributed by atoms with Crippen LogP contribution in [0.3, 0.4) is 0 Å². The van der Waals surface area contributed by atoms with Crippen LogP contribution in [0.5, 0.6) is 0 Å². The van der Waals surface area contributed by atoms with Gasteiger partial charge in [-0.3, -0.25) is 0 Å². The van der Waals surface area contributed by atoms with Crippen LogP contribution in [-0.2, 0) is 6.42 Å². The Morgan fingerprint density at radius 2 is 2.22 bits per heavy atom. The molecule has 3 atom stereocenters. The number of aryl methyl sites for hydroxylation is 1. The Bertz CT molecular complexity index is 391. The number of aromatic nitrogens is 1.